The molecule has 2 N–H and O–H groups in total. The maximum Gasteiger partial charge on any atom is 0.0641 e. The molecule has 0 bridgehead atoms. The maximum atomic E-state index is 6.04. The molecule has 2 unspecified atom stereocenters. The number of nitrogens with two attached hydrogens (primary N) is 1. The average Bonchev–Trinajstić information content (AvgIpc) is 2.70. The van der Waals surface area contributed by atoms with Crippen LogP contribution in [-0.2, 0) is 7.05 Å². The Morgan fingerprint density at radius 1 is 1.53 bits per heavy atom. The zero-order chi connectivity index (χ0) is 14.0. The summed E-state index contributed by atoms with van der Waals surface area (Å²) in [5.74, 6) is 0. The van der Waals surface area contributed by atoms with Gasteiger partial charge in [-0.1, -0.05) is 0 Å². The molecule has 0 spiro atoms. The van der Waals surface area contributed by atoms with Gasteiger partial charge in [0, 0.05) is 37.9 Å². The van der Waals surface area contributed by atoms with Gasteiger partial charge >= 0.3 is 0 Å². The Morgan fingerprint density at radius 3 is 2.79 bits per heavy atom. The van der Waals surface area contributed by atoms with Crippen LogP contribution in [0.3, 0.4) is 0 Å². The van der Waals surface area contributed by atoms with E-state index in [0.29, 0.717) is 18.6 Å². The SMILES string of the molecule is Cc1nn(C)cc1C(CN)N1CCCC(N(C)C)C1. The van der Waals surface area contributed by atoms with Crippen LogP contribution in [0.5, 0.6) is 0 Å². The van der Waals surface area contributed by atoms with Crippen LogP contribution < -0.4 is 5.73 Å². The Balaban J connectivity index is 2.15. The van der Waals surface area contributed by atoms with E-state index in [2.05, 4.69) is 42.1 Å². The Kier molecular flexibility index (Phi) is 4.60. The molecular formula is C14H27N5. The monoisotopic (exact) mass is 265 g/mol. The van der Waals surface area contributed by atoms with Crippen LogP contribution in [0.4, 0.5) is 0 Å². The lowest BCUT2D eigenvalue weighted by atomic mass is 9.99. The maximum absolute atomic E-state index is 6.04. The van der Waals surface area contributed by atoms with Crippen LogP contribution in [0.25, 0.3) is 0 Å². The molecule has 0 radical (unpaired) electrons. The van der Waals surface area contributed by atoms with Crippen molar-refractivity contribution in [1.82, 2.24) is 19.6 Å². The van der Waals surface area contributed by atoms with Gasteiger partial charge in [-0.15, -0.1) is 0 Å². The summed E-state index contributed by atoms with van der Waals surface area (Å²) in [6.45, 7) is 4.97. The Hall–Kier alpha value is -0.910. The lowest BCUT2D eigenvalue weighted by molar-refractivity contribution is 0.0981. The van der Waals surface area contributed by atoms with Crippen molar-refractivity contribution in [2.75, 3.05) is 33.7 Å². The number of aromatic nitrogens is 2. The number of piperidine rings is 1. The van der Waals surface area contributed by atoms with Gasteiger partial charge in [0.25, 0.3) is 0 Å². The first kappa shape index (κ1) is 14.5. The largest absolute Gasteiger partial charge is 0.329 e. The van der Waals surface area contributed by atoms with Crippen molar-refractivity contribution in [3.8, 4) is 0 Å². The van der Waals surface area contributed by atoms with E-state index < -0.39 is 0 Å². The lowest BCUT2D eigenvalue weighted by Gasteiger charge is -2.40. The number of nitrogens with zero attached hydrogens (tertiary/aromatic N) is 4. The second-order valence-corrected chi connectivity index (χ2v) is 5.85. The topological polar surface area (TPSA) is 50.3 Å². The average molecular weight is 265 g/mol. The van der Waals surface area contributed by atoms with Gasteiger partial charge in [-0.25, -0.2) is 0 Å². The van der Waals surface area contributed by atoms with Crippen LogP contribution in [-0.4, -0.2) is 59.4 Å². The van der Waals surface area contributed by atoms with E-state index in [1.54, 1.807) is 0 Å². The highest BCUT2D eigenvalue weighted by Crippen LogP contribution is 2.26. The van der Waals surface area contributed by atoms with Crippen LogP contribution in [0, 0.1) is 6.92 Å². The fourth-order valence-electron chi connectivity index (χ4n) is 3.11. The van der Waals surface area contributed by atoms with E-state index in [4.69, 9.17) is 5.73 Å². The Labute approximate surface area is 116 Å². The lowest BCUT2D eigenvalue weighted by Crippen LogP contribution is -2.47. The van der Waals surface area contributed by atoms with Crippen molar-refractivity contribution < 1.29 is 0 Å². The Bertz CT molecular complexity index is 412. The third-order valence-electron chi connectivity index (χ3n) is 4.23. The number of aryl methyl sites for hydroxylation is 2. The predicted octanol–water partition coefficient (Wildman–Crippen LogP) is 0.754. The van der Waals surface area contributed by atoms with Crippen LogP contribution >= 0.6 is 0 Å². The van der Waals surface area contributed by atoms with Crippen molar-refractivity contribution >= 4 is 0 Å². The third-order valence-corrected chi connectivity index (χ3v) is 4.23. The molecule has 19 heavy (non-hydrogen) atoms. The van der Waals surface area contributed by atoms with Gasteiger partial charge in [-0.2, -0.15) is 5.10 Å². The summed E-state index contributed by atoms with van der Waals surface area (Å²) in [4.78, 5) is 4.86. The van der Waals surface area contributed by atoms with Gasteiger partial charge in [0.1, 0.15) is 0 Å². The molecular weight excluding hydrogens is 238 g/mol. The zero-order valence-electron chi connectivity index (χ0n) is 12.6. The van der Waals surface area contributed by atoms with E-state index in [1.807, 2.05) is 11.7 Å². The predicted molar refractivity (Wildman–Crippen MR) is 78.0 cm³/mol. The van der Waals surface area contributed by atoms with Crippen molar-refractivity contribution in [2.45, 2.75) is 31.8 Å². The quantitative estimate of drug-likeness (QED) is 0.873. The van der Waals surface area contributed by atoms with Crippen LogP contribution in [0.1, 0.15) is 30.1 Å². The molecule has 1 aromatic heterocycles. The Morgan fingerprint density at radius 2 is 2.26 bits per heavy atom. The molecule has 1 fully saturated rings. The first-order valence-electron chi connectivity index (χ1n) is 7.13. The number of likely N-dealkylation sites (tertiary alicyclic amines) is 1. The fourth-order valence-corrected chi connectivity index (χ4v) is 3.11. The van der Waals surface area contributed by atoms with Gasteiger partial charge in [-0.05, 0) is 40.4 Å². The number of hydrogen-bond acceptors (Lipinski definition) is 4. The molecule has 108 valence electrons. The van der Waals surface area contributed by atoms with E-state index in [0.717, 1.165) is 18.8 Å². The summed E-state index contributed by atoms with van der Waals surface area (Å²) < 4.78 is 1.89. The first-order chi connectivity index (χ1) is 9.02. The second kappa shape index (κ2) is 6.03. The van der Waals surface area contributed by atoms with Crippen LogP contribution in [0.2, 0.25) is 0 Å². The van der Waals surface area contributed by atoms with Crippen LogP contribution in [0.15, 0.2) is 6.20 Å². The summed E-state index contributed by atoms with van der Waals surface area (Å²) >= 11 is 0. The molecule has 1 saturated heterocycles. The minimum atomic E-state index is 0.302. The van der Waals surface area contributed by atoms with Gasteiger partial charge in [0.15, 0.2) is 0 Å². The van der Waals surface area contributed by atoms with Crippen molar-refractivity contribution in [3.63, 3.8) is 0 Å². The zero-order valence-corrected chi connectivity index (χ0v) is 12.6. The highest BCUT2D eigenvalue weighted by atomic mass is 15.3. The van der Waals surface area contributed by atoms with E-state index in [9.17, 15) is 0 Å². The molecule has 1 aliphatic heterocycles. The van der Waals surface area contributed by atoms with E-state index in [1.165, 1.54) is 18.4 Å². The number of rotatable bonds is 4. The summed E-state index contributed by atoms with van der Waals surface area (Å²) in [7, 11) is 6.31. The summed E-state index contributed by atoms with van der Waals surface area (Å²) in [6.07, 6.45) is 4.65. The van der Waals surface area contributed by atoms with Gasteiger partial charge < -0.3 is 10.6 Å². The molecule has 5 nitrogen and oxygen atoms in total. The second-order valence-electron chi connectivity index (χ2n) is 5.85. The van der Waals surface area contributed by atoms with Gasteiger partial charge in [-0.3, -0.25) is 9.58 Å². The first-order valence-corrected chi connectivity index (χ1v) is 7.13. The molecule has 5 heteroatoms. The third kappa shape index (κ3) is 3.16. The molecule has 2 rings (SSSR count). The summed E-state index contributed by atoms with van der Waals surface area (Å²) in [5.41, 5.74) is 8.43. The number of hydrogen-bond donors (Lipinski definition) is 1. The van der Waals surface area contributed by atoms with Gasteiger partial charge in [0.05, 0.1) is 11.7 Å². The molecule has 2 atom stereocenters. The van der Waals surface area contributed by atoms with E-state index in [-0.39, 0.29) is 0 Å². The highest BCUT2D eigenvalue weighted by molar-refractivity contribution is 5.21. The fraction of sp³-hybridized carbons (Fsp3) is 0.786. The normalized spacial score (nSPS) is 22.9. The molecule has 0 amide bonds. The van der Waals surface area contributed by atoms with Gasteiger partial charge in [0.2, 0.25) is 0 Å². The minimum absolute atomic E-state index is 0.302. The van der Waals surface area contributed by atoms with Crippen molar-refractivity contribution in [3.05, 3.63) is 17.5 Å². The molecule has 2 heterocycles. The number of likely N-dealkylation sites (N-methyl/N-ethyl adjacent to an activating group) is 1. The molecule has 0 aromatic carbocycles. The summed E-state index contributed by atoms with van der Waals surface area (Å²) in [6, 6.07) is 0.941. The highest BCUT2D eigenvalue weighted by Gasteiger charge is 2.28. The summed E-state index contributed by atoms with van der Waals surface area (Å²) in [5, 5.41) is 4.45. The van der Waals surface area contributed by atoms with Crippen molar-refractivity contribution in [2.24, 2.45) is 12.8 Å². The smallest absolute Gasteiger partial charge is 0.0641 e. The molecule has 0 aliphatic carbocycles. The minimum Gasteiger partial charge on any atom is -0.329 e. The van der Waals surface area contributed by atoms with E-state index >= 15 is 0 Å². The molecule has 1 aliphatic rings. The molecule has 1 aromatic rings. The molecule has 0 saturated carbocycles. The standard InChI is InChI=1S/C14H27N5/c1-11-13(10-18(4)16-11)14(8-15)19-7-5-6-12(9-19)17(2)3/h10,12,14H,5-9,15H2,1-4H3. The van der Waals surface area contributed by atoms with Crippen molar-refractivity contribution in [1.29, 1.82) is 0 Å².